The summed E-state index contributed by atoms with van der Waals surface area (Å²) in [5.74, 6) is 1.65. The maximum Gasteiger partial charge on any atom is 0.269 e. The minimum absolute atomic E-state index is 0.127. The van der Waals surface area contributed by atoms with Gasteiger partial charge in [0.15, 0.2) is 0 Å². The molecular weight excluding hydrogens is 316 g/mol. The largest absolute Gasteiger partial charge is 0.494 e. The van der Waals surface area contributed by atoms with Crippen molar-refractivity contribution in [3.63, 3.8) is 0 Å². The molecule has 0 amide bonds. The van der Waals surface area contributed by atoms with Crippen LogP contribution in [0.15, 0.2) is 54.6 Å². The minimum atomic E-state index is -0.359. The Morgan fingerprint density at radius 2 is 2.04 bits per heavy atom. The molecule has 1 aliphatic heterocycles. The molecule has 2 aromatic rings. The van der Waals surface area contributed by atoms with Crippen LogP contribution in [0, 0.1) is 16.0 Å². The van der Waals surface area contributed by atoms with Crippen LogP contribution in [0.25, 0.3) is 0 Å². The molecule has 0 spiro atoms. The zero-order valence-electron chi connectivity index (χ0n) is 14.0. The summed E-state index contributed by atoms with van der Waals surface area (Å²) < 4.78 is 5.65. The molecule has 0 radical (unpaired) electrons. The van der Waals surface area contributed by atoms with Crippen molar-refractivity contribution >= 4 is 11.4 Å². The molecule has 25 heavy (non-hydrogen) atoms. The van der Waals surface area contributed by atoms with Gasteiger partial charge in [-0.3, -0.25) is 10.1 Å². The molecule has 5 nitrogen and oxygen atoms in total. The van der Waals surface area contributed by atoms with Crippen LogP contribution < -0.4 is 10.1 Å². The van der Waals surface area contributed by atoms with Crippen molar-refractivity contribution in [3.05, 3.63) is 75.9 Å². The lowest BCUT2D eigenvalue weighted by Crippen LogP contribution is -2.29. The summed E-state index contributed by atoms with van der Waals surface area (Å²) >= 11 is 0. The highest BCUT2D eigenvalue weighted by Crippen LogP contribution is 2.50. The fourth-order valence-electron chi connectivity index (χ4n) is 3.96. The second kappa shape index (κ2) is 6.24. The molecule has 0 aromatic heterocycles. The summed E-state index contributed by atoms with van der Waals surface area (Å²) in [5.41, 5.74) is 3.59. The van der Waals surface area contributed by atoms with Gasteiger partial charge in [-0.1, -0.05) is 24.3 Å². The van der Waals surface area contributed by atoms with E-state index in [2.05, 4.69) is 29.6 Å². The van der Waals surface area contributed by atoms with Gasteiger partial charge in [0.05, 0.1) is 17.6 Å². The number of nitro groups is 1. The Bertz CT molecular complexity index is 829. The number of benzene rings is 2. The van der Waals surface area contributed by atoms with E-state index in [1.54, 1.807) is 12.1 Å². The molecule has 0 fully saturated rings. The van der Waals surface area contributed by atoms with Gasteiger partial charge in [0.2, 0.25) is 0 Å². The first-order valence-corrected chi connectivity index (χ1v) is 8.61. The van der Waals surface area contributed by atoms with Gasteiger partial charge in [0.1, 0.15) is 5.75 Å². The first-order chi connectivity index (χ1) is 12.2. The van der Waals surface area contributed by atoms with Gasteiger partial charge in [-0.25, -0.2) is 0 Å². The molecule has 4 rings (SSSR count). The Labute approximate surface area is 146 Å². The Morgan fingerprint density at radius 1 is 1.24 bits per heavy atom. The molecular formula is C20H20N2O3. The summed E-state index contributed by atoms with van der Waals surface area (Å²) in [4.78, 5) is 10.5. The van der Waals surface area contributed by atoms with Crippen LogP contribution >= 0.6 is 0 Å². The number of ether oxygens (including phenoxy) is 1. The molecule has 0 saturated carbocycles. The van der Waals surface area contributed by atoms with E-state index in [4.69, 9.17) is 4.74 Å². The van der Waals surface area contributed by atoms with E-state index < -0.39 is 0 Å². The smallest absolute Gasteiger partial charge is 0.269 e. The third kappa shape index (κ3) is 2.76. The predicted molar refractivity (Wildman–Crippen MR) is 97.1 cm³/mol. The SMILES string of the molecule is CCOc1ccc2c(c1)[C@@H]1C=CC[C@@H]1[C@H](c1ccc([N+](=O)[O-])cc1)N2. The van der Waals surface area contributed by atoms with E-state index >= 15 is 0 Å². The van der Waals surface area contributed by atoms with Gasteiger partial charge in [-0.15, -0.1) is 0 Å². The van der Waals surface area contributed by atoms with Gasteiger partial charge < -0.3 is 10.1 Å². The number of non-ortho nitro benzene ring substituents is 1. The van der Waals surface area contributed by atoms with E-state index in [0.717, 1.165) is 23.4 Å². The van der Waals surface area contributed by atoms with E-state index in [9.17, 15) is 10.1 Å². The quantitative estimate of drug-likeness (QED) is 0.494. The normalized spacial score (nSPS) is 23.5. The number of nitro benzene ring substituents is 1. The van der Waals surface area contributed by atoms with Gasteiger partial charge >= 0.3 is 0 Å². The Balaban J connectivity index is 1.69. The lowest BCUT2D eigenvalue weighted by Gasteiger charge is -2.37. The standard InChI is InChI=1S/C20H20N2O3/c1-2-25-15-10-11-19-18(12-15)16-4-3-5-17(16)20(21-19)13-6-8-14(9-7-13)22(23)24/h3-4,6-12,16-17,20-21H,2,5H2,1H3/t16-,17+,20+/m1/s1. The number of nitrogens with zero attached hydrogens (tertiary/aromatic N) is 1. The van der Waals surface area contributed by atoms with E-state index in [-0.39, 0.29) is 16.7 Å². The fourth-order valence-corrected chi connectivity index (χ4v) is 3.96. The lowest BCUT2D eigenvalue weighted by atomic mass is 9.77. The fraction of sp³-hybridized carbons (Fsp3) is 0.300. The third-order valence-corrected chi connectivity index (χ3v) is 5.11. The van der Waals surface area contributed by atoms with Crippen LogP contribution in [0.3, 0.4) is 0 Å². The van der Waals surface area contributed by atoms with Gasteiger partial charge in [0, 0.05) is 23.7 Å². The van der Waals surface area contributed by atoms with Crippen LogP contribution in [-0.4, -0.2) is 11.5 Å². The highest BCUT2D eigenvalue weighted by Gasteiger charge is 2.38. The van der Waals surface area contributed by atoms with Crippen molar-refractivity contribution in [2.24, 2.45) is 5.92 Å². The number of hydrogen-bond donors (Lipinski definition) is 1. The van der Waals surface area contributed by atoms with Crippen LogP contribution in [0.4, 0.5) is 11.4 Å². The number of anilines is 1. The summed E-state index contributed by atoms with van der Waals surface area (Å²) in [6.07, 6.45) is 5.51. The average molecular weight is 336 g/mol. The molecule has 0 bridgehead atoms. The van der Waals surface area contributed by atoms with Gasteiger partial charge in [-0.05, 0) is 48.6 Å². The lowest BCUT2D eigenvalue weighted by molar-refractivity contribution is -0.384. The minimum Gasteiger partial charge on any atom is -0.494 e. The highest BCUT2D eigenvalue weighted by atomic mass is 16.6. The van der Waals surface area contributed by atoms with E-state index in [1.807, 2.05) is 25.1 Å². The molecule has 128 valence electrons. The number of rotatable bonds is 4. The van der Waals surface area contributed by atoms with Crippen molar-refractivity contribution in [2.45, 2.75) is 25.3 Å². The average Bonchev–Trinajstić information content (AvgIpc) is 3.11. The first-order valence-electron chi connectivity index (χ1n) is 8.61. The zero-order chi connectivity index (χ0) is 17.4. The van der Waals surface area contributed by atoms with E-state index in [1.165, 1.54) is 5.56 Å². The van der Waals surface area contributed by atoms with Crippen molar-refractivity contribution in [1.82, 2.24) is 0 Å². The number of hydrogen-bond acceptors (Lipinski definition) is 4. The predicted octanol–water partition coefficient (Wildman–Crippen LogP) is 4.82. The first kappa shape index (κ1) is 15.7. The number of allylic oxidation sites excluding steroid dienone is 2. The molecule has 1 heterocycles. The summed E-state index contributed by atoms with van der Waals surface area (Å²) in [7, 11) is 0. The maximum atomic E-state index is 10.9. The molecule has 0 saturated heterocycles. The molecule has 1 N–H and O–H groups in total. The number of fused-ring (bicyclic) bond motifs is 3. The molecule has 2 aromatic carbocycles. The van der Waals surface area contributed by atoms with Crippen LogP contribution in [0.1, 0.15) is 36.4 Å². The Hall–Kier alpha value is -2.82. The molecule has 2 aliphatic rings. The van der Waals surface area contributed by atoms with Crippen molar-refractivity contribution in [1.29, 1.82) is 0 Å². The Kier molecular flexibility index (Phi) is 3.92. The summed E-state index contributed by atoms with van der Waals surface area (Å²) in [5, 5.41) is 14.5. The van der Waals surface area contributed by atoms with Crippen LogP contribution in [-0.2, 0) is 0 Å². The van der Waals surface area contributed by atoms with Crippen molar-refractivity contribution in [2.75, 3.05) is 11.9 Å². The topological polar surface area (TPSA) is 64.4 Å². The second-order valence-electron chi connectivity index (χ2n) is 6.51. The summed E-state index contributed by atoms with van der Waals surface area (Å²) in [6, 6.07) is 13.2. The van der Waals surface area contributed by atoms with Crippen molar-refractivity contribution in [3.8, 4) is 5.75 Å². The molecule has 3 atom stereocenters. The maximum absolute atomic E-state index is 10.9. The molecule has 1 aliphatic carbocycles. The highest BCUT2D eigenvalue weighted by molar-refractivity contribution is 5.61. The molecule has 0 unspecified atom stereocenters. The zero-order valence-corrected chi connectivity index (χ0v) is 14.0. The van der Waals surface area contributed by atoms with Gasteiger partial charge in [0.25, 0.3) is 5.69 Å². The number of nitrogens with one attached hydrogen (secondary N) is 1. The van der Waals surface area contributed by atoms with E-state index in [0.29, 0.717) is 18.4 Å². The van der Waals surface area contributed by atoms with Crippen molar-refractivity contribution < 1.29 is 9.66 Å². The third-order valence-electron chi connectivity index (χ3n) is 5.11. The molecule has 5 heteroatoms. The monoisotopic (exact) mass is 336 g/mol. The van der Waals surface area contributed by atoms with Crippen LogP contribution in [0.5, 0.6) is 5.75 Å². The van der Waals surface area contributed by atoms with Gasteiger partial charge in [-0.2, -0.15) is 0 Å². The van der Waals surface area contributed by atoms with Crippen LogP contribution in [0.2, 0.25) is 0 Å². The summed E-state index contributed by atoms with van der Waals surface area (Å²) in [6.45, 7) is 2.64. The second-order valence-corrected chi connectivity index (χ2v) is 6.51. The Morgan fingerprint density at radius 3 is 2.76 bits per heavy atom.